The van der Waals surface area contributed by atoms with Crippen LogP contribution >= 0.6 is 11.5 Å². The predicted octanol–water partition coefficient (Wildman–Crippen LogP) is 3.34. The van der Waals surface area contributed by atoms with Crippen molar-refractivity contribution in [1.82, 2.24) is 14.7 Å². The van der Waals surface area contributed by atoms with Gasteiger partial charge in [0.1, 0.15) is 0 Å². The molecule has 2 aromatic rings. The largest absolute Gasteiger partial charge is 0.347 e. The summed E-state index contributed by atoms with van der Waals surface area (Å²) in [4.78, 5) is 7.31. The highest BCUT2D eigenvalue weighted by atomic mass is 32.1. The van der Waals surface area contributed by atoms with Gasteiger partial charge in [0.05, 0.1) is 0 Å². The van der Waals surface area contributed by atoms with Crippen LogP contribution in [0.2, 0.25) is 0 Å². The van der Waals surface area contributed by atoms with Crippen molar-refractivity contribution >= 4 is 16.7 Å². The van der Waals surface area contributed by atoms with Gasteiger partial charge < -0.3 is 10.2 Å². The average molecular weight is 328 g/mol. The van der Waals surface area contributed by atoms with E-state index in [9.17, 15) is 0 Å². The molecule has 0 saturated carbocycles. The van der Waals surface area contributed by atoms with Gasteiger partial charge in [-0.15, -0.1) is 0 Å². The number of benzene rings is 1. The number of anilines is 1. The smallest absolute Gasteiger partial charge is 0.205 e. The number of nitrogens with zero attached hydrogens (tertiary/aromatic N) is 3. The second-order valence-electron chi connectivity index (χ2n) is 6.82. The minimum Gasteiger partial charge on any atom is -0.347 e. The van der Waals surface area contributed by atoms with Crippen LogP contribution in [0.25, 0.3) is 11.4 Å². The lowest BCUT2D eigenvalue weighted by Crippen LogP contribution is -2.39. The second kappa shape index (κ2) is 6.57. The summed E-state index contributed by atoms with van der Waals surface area (Å²) in [6.07, 6.45) is 3.98. The van der Waals surface area contributed by atoms with Crippen LogP contribution in [-0.2, 0) is 0 Å². The van der Waals surface area contributed by atoms with Crippen LogP contribution in [0, 0.1) is 18.8 Å². The Morgan fingerprint density at radius 2 is 2.13 bits per heavy atom. The van der Waals surface area contributed by atoms with Crippen molar-refractivity contribution in [3.05, 3.63) is 29.8 Å². The van der Waals surface area contributed by atoms with Crippen molar-refractivity contribution in [2.75, 3.05) is 31.1 Å². The normalized spacial score (nSPS) is 25.0. The van der Waals surface area contributed by atoms with Crippen LogP contribution in [0.3, 0.4) is 0 Å². The Kier molecular flexibility index (Phi) is 4.31. The van der Waals surface area contributed by atoms with E-state index in [1.165, 1.54) is 37.9 Å². The van der Waals surface area contributed by atoms with E-state index in [0.29, 0.717) is 0 Å². The van der Waals surface area contributed by atoms with Crippen molar-refractivity contribution in [3.8, 4) is 11.4 Å². The lowest BCUT2D eigenvalue weighted by Gasteiger charge is -2.35. The van der Waals surface area contributed by atoms with Crippen LogP contribution < -0.4 is 10.2 Å². The zero-order valence-corrected chi connectivity index (χ0v) is 14.5. The quantitative estimate of drug-likeness (QED) is 0.938. The third-order valence-corrected chi connectivity index (χ3v) is 6.07. The van der Waals surface area contributed by atoms with Crippen LogP contribution in [-0.4, -0.2) is 35.5 Å². The van der Waals surface area contributed by atoms with Gasteiger partial charge >= 0.3 is 0 Å². The third-order valence-electron chi connectivity index (χ3n) is 5.29. The van der Waals surface area contributed by atoms with Gasteiger partial charge in [-0.05, 0) is 56.7 Å². The fourth-order valence-electron chi connectivity index (χ4n) is 3.92. The SMILES string of the molecule is Cc1ccccc1-c1nsc(N2CCCC(C3CCNC3)C2)n1. The molecule has 23 heavy (non-hydrogen) atoms. The Hall–Kier alpha value is -1.46. The molecular formula is C18H24N4S. The third kappa shape index (κ3) is 3.12. The standard InChI is InChI=1S/C18H24N4S/c1-13-5-2-3-7-16(13)17-20-18(23-21-17)22-10-4-6-15(12-22)14-8-9-19-11-14/h2-3,5,7,14-15,19H,4,6,8-12H2,1H3. The van der Waals surface area contributed by atoms with E-state index in [0.717, 1.165) is 41.4 Å². The van der Waals surface area contributed by atoms with Gasteiger partial charge in [-0.25, -0.2) is 0 Å². The first-order valence-corrected chi connectivity index (χ1v) is 9.44. The molecule has 0 amide bonds. The Bertz CT molecular complexity index is 663. The highest BCUT2D eigenvalue weighted by Gasteiger charge is 2.30. The Balaban J connectivity index is 1.51. The number of nitrogens with one attached hydrogen (secondary N) is 1. The molecule has 0 spiro atoms. The molecule has 1 aromatic carbocycles. The van der Waals surface area contributed by atoms with E-state index in [1.54, 1.807) is 11.5 Å². The van der Waals surface area contributed by atoms with Gasteiger partial charge in [0.2, 0.25) is 5.13 Å². The molecule has 0 bridgehead atoms. The van der Waals surface area contributed by atoms with Gasteiger partial charge in [-0.3, -0.25) is 0 Å². The van der Waals surface area contributed by atoms with E-state index in [4.69, 9.17) is 4.98 Å². The molecule has 2 saturated heterocycles. The Morgan fingerprint density at radius 1 is 1.22 bits per heavy atom. The van der Waals surface area contributed by atoms with E-state index < -0.39 is 0 Å². The second-order valence-corrected chi connectivity index (χ2v) is 7.55. The molecule has 1 aromatic heterocycles. The van der Waals surface area contributed by atoms with Crippen molar-refractivity contribution in [1.29, 1.82) is 0 Å². The molecule has 122 valence electrons. The van der Waals surface area contributed by atoms with Gasteiger partial charge in [0.25, 0.3) is 0 Å². The maximum absolute atomic E-state index is 4.84. The van der Waals surface area contributed by atoms with E-state index in [1.807, 2.05) is 0 Å². The lowest BCUT2D eigenvalue weighted by atomic mass is 9.85. The van der Waals surface area contributed by atoms with Gasteiger partial charge in [0, 0.05) is 30.2 Å². The number of rotatable bonds is 3. The molecule has 4 rings (SSSR count). The number of hydrogen-bond donors (Lipinski definition) is 1. The molecule has 0 radical (unpaired) electrons. The maximum Gasteiger partial charge on any atom is 0.205 e. The molecule has 5 heteroatoms. The molecule has 2 unspecified atom stereocenters. The van der Waals surface area contributed by atoms with Crippen LogP contribution in [0.1, 0.15) is 24.8 Å². The first-order chi connectivity index (χ1) is 11.3. The highest BCUT2D eigenvalue weighted by Crippen LogP contribution is 2.32. The topological polar surface area (TPSA) is 41.1 Å². The number of aryl methyl sites for hydroxylation is 1. The summed E-state index contributed by atoms with van der Waals surface area (Å²) in [5, 5.41) is 4.61. The van der Waals surface area contributed by atoms with Gasteiger partial charge in [0.15, 0.2) is 5.82 Å². The number of piperidine rings is 1. The first-order valence-electron chi connectivity index (χ1n) is 8.66. The lowest BCUT2D eigenvalue weighted by molar-refractivity contribution is 0.302. The minimum absolute atomic E-state index is 0.810. The van der Waals surface area contributed by atoms with E-state index in [2.05, 4.69) is 45.8 Å². The van der Waals surface area contributed by atoms with E-state index in [-0.39, 0.29) is 0 Å². The fourth-order valence-corrected chi connectivity index (χ4v) is 4.64. The summed E-state index contributed by atoms with van der Waals surface area (Å²) < 4.78 is 4.62. The zero-order chi connectivity index (χ0) is 15.6. The van der Waals surface area contributed by atoms with Crippen LogP contribution in [0.15, 0.2) is 24.3 Å². The molecule has 1 N–H and O–H groups in total. The van der Waals surface area contributed by atoms with Crippen LogP contribution in [0.5, 0.6) is 0 Å². The van der Waals surface area contributed by atoms with Crippen molar-refractivity contribution in [2.24, 2.45) is 11.8 Å². The molecular weight excluding hydrogens is 304 g/mol. The number of aromatic nitrogens is 2. The fraction of sp³-hybridized carbons (Fsp3) is 0.556. The van der Waals surface area contributed by atoms with Gasteiger partial charge in [-0.1, -0.05) is 24.3 Å². The highest BCUT2D eigenvalue weighted by molar-refractivity contribution is 7.09. The maximum atomic E-state index is 4.84. The average Bonchev–Trinajstić information content (AvgIpc) is 3.27. The molecule has 0 aliphatic carbocycles. The molecule has 2 aliphatic rings. The summed E-state index contributed by atoms with van der Waals surface area (Å²) in [6, 6.07) is 8.37. The molecule has 3 heterocycles. The summed E-state index contributed by atoms with van der Waals surface area (Å²) in [6.45, 7) is 6.79. The number of hydrogen-bond acceptors (Lipinski definition) is 5. The predicted molar refractivity (Wildman–Crippen MR) is 96.0 cm³/mol. The summed E-state index contributed by atoms with van der Waals surface area (Å²) in [7, 11) is 0. The monoisotopic (exact) mass is 328 g/mol. The van der Waals surface area contributed by atoms with Crippen molar-refractivity contribution < 1.29 is 0 Å². The Morgan fingerprint density at radius 3 is 2.96 bits per heavy atom. The summed E-state index contributed by atoms with van der Waals surface area (Å²) in [5.41, 5.74) is 2.40. The van der Waals surface area contributed by atoms with Crippen molar-refractivity contribution in [3.63, 3.8) is 0 Å². The van der Waals surface area contributed by atoms with Crippen LogP contribution in [0.4, 0.5) is 5.13 Å². The first kappa shape index (κ1) is 15.1. The molecule has 4 nitrogen and oxygen atoms in total. The zero-order valence-electron chi connectivity index (χ0n) is 13.7. The minimum atomic E-state index is 0.810. The summed E-state index contributed by atoms with van der Waals surface area (Å²) in [5.74, 6) is 2.54. The van der Waals surface area contributed by atoms with Gasteiger partial charge in [-0.2, -0.15) is 9.36 Å². The molecule has 2 aliphatic heterocycles. The molecule has 2 atom stereocenters. The summed E-state index contributed by atoms with van der Waals surface area (Å²) >= 11 is 1.55. The molecule has 2 fully saturated rings. The van der Waals surface area contributed by atoms with Crippen molar-refractivity contribution in [2.45, 2.75) is 26.2 Å². The Labute approximate surface area is 142 Å². The van der Waals surface area contributed by atoms with E-state index >= 15 is 0 Å².